The number of rotatable bonds is 8. The summed E-state index contributed by atoms with van der Waals surface area (Å²) in [4.78, 5) is 22.4. The summed E-state index contributed by atoms with van der Waals surface area (Å²) in [6, 6.07) is 11.9. The van der Waals surface area contributed by atoms with E-state index in [1.807, 2.05) is 36.4 Å². The summed E-state index contributed by atoms with van der Waals surface area (Å²) >= 11 is 0. The molecule has 0 atom stereocenters. The molecule has 0 aliphatic rings. The molecule has 0 saturated carbocycles. The summed E-state index contributed by atoms with van der Waals surface area (Å²) in [6.45, 7) is 3.21. The first kappa shape index (κ1) is 18.6. The summed E-state index contributed by atoms with van der Waals surface area (Å²) in [5.41, 5.74) is 4.15. The van der Waals surface area contributed by atoms with E-state index in [4.69, 9.17) is 0 Å². The van der Waals surface area contributed by atoms with E-state index in [9.17, 15) is 9.59 Å². The first-order valence-corrected chi connectivity index (χ1v) is 7.59. The van der Waals surface area contributed by atoms with Crippen molar-refractivity contribution in [1.29, 1.82) is 0 Å². The molecule has 0 heterocycles. The fourth-order valence-corrected chi connectivity index (χ4v) is 2.57. The zero-order valence-corrected chi connectivity index (χ0v) is 14.3. The van der Waals surface area contributed by atoms with Gasteiger partial charge in [-0.25, -0.2) is 12.5 Å². The number of unbranched alkanes of at least 4 members (excludes halogenated alkanes) is 2. The van der Waals surface area contributed by atoms with Crippen LogP contribution in [0.1, 0.15) is 65.0 Å². The molecule has 0 radical (unpaired) electrons. The molecule has 0 aliphatic carbocycles. The third-order valence-corrected chi connectivity index (χ3v) is 3.88. The van der Waals surface area contributed by atoms with Gasteiger partial charge >= 0.3 is 0 Å². The van der Waals surface area contributed by atoms with E-state index in [1.165, 1.54) is 17.5 Å². The molecule has 3 heteroatoms. The number of hydrogen-bond acceptors (Lipinski definition) is 2. The van der Waals surface area contributed by atoms with E-state index in [-0.39, 0.29) is 28.6 Å². The Kier molecular flexibility index (Phi) is 7.50. The number of carbonyl (C=O) groups is 2. The molecular formula is C19H22FeO2-6. The largest absolute Gasteiger partial charge is 0.745 e. The normalized spacial score (nSPS) is 10.3. The van der Waals surface area contributed by atoms with E-state index in [2.05, 4.69) is 0 Å². The Labute approximate surface area is 143 Å². The third-order valence-electron chi connectivity index (χ3n) is 3.88. The Morgan fingerprint density at radius 2 is 1.82 bits per heavy atom. The molecule has 0 bridgehead atoms. The van der Waals surface area contributed by atoms with Crippen molar-refractivity contribution in [2.45, 2.75) is 46.0 Å². The maximum atomic E-state index is 11.2. The molecule has 124 valence electrons. The maximum absolute atomic E-state index is 11.2. The van der Waals surface area contributed by atoms with Crippen molar-refractivity contribution < 1.29 is 26.7 Å². The van der Waals surface area contributed by atoms with Gasteiger partial charge < -0.3 is 38.9 Å². The average molecular weight is 338 g/mol. The number of hydrogen-bond donors (Lipinski definition) is 0. The van der Waals surface area contributed by atoms with Crippen LogP contribution in [0.25, 0.3) is 0 Å². The van der Waals surface area contributed by atoms with Crippen LogP contribution >= 0.6 is 0 Å². The van der Waals surface area contributed by atoms with Crippen molar-refractivity contribution in [3.8, 4) is 0 Å². The van der Waals surface area contributed by atoms with E-state index in [0.717, 1.165) is 36.8 Å². The molecule has 2 aromatic rings. The van der Waals surface area contributed by atoms with Gasteiger partial charge in [0.1, 0.15) is 0 Å². The second kappa shape index (κ2) is 8.87. The number of carbonyl (C=O) groups excluding carboxylic acids is 2. The van der Waals surface area contributed by atoms with Crippen LogP contribution in [0, 0.1) is 0 Å². The van der Waals surface area contributed by atoms with E-state index in [1.54, 1.807) is 13.8 Å². The Balaban J connectivity index is 0.00000242. The zero-order chi connectivity index (χ0) is 15.2. The van der Waals surface area contributed by atoms with Crippen LogP contribution in [0.5, 0.6) is 0 Å². The zero-order valence-electron chi connectivity index (χ0n) is 13.2. The monoisotopic (exact) mass is 338 g/mol. The van der Waals surface area contributed by atoms with Crippen molar-refractivity contribution in [3.63, 3.8) is 0 Å². The van der Waals surface area contributed by atoms with Gasteiger partial charge in [0.25, 0.3) is 0 Å². The van der Waals surface area contributed by atoms with Gasteiger partial charge in [0.15, 0.2) is 0 Å². The minimum atomic E-state index is 0. The standard InChI is InChI=1S/C19H22O2.Fe/c1-14(20)18-10-8-16(12-18)6-4-3-5-7-17-9-11-19(13-17)15(2)21;/h8-13H,3-7H2,1-2H3;/q-6;. The third kappa shape index (κ3) is 5.40. The molecular weight excluding hydrogens is 316 g/mol. The van der Waals surface area contributed by atoms with Crippen molar-refractivity contribution in [2.75, 3.05) is 0 Å². The first-order chi connectivity index (χ1) is 10.1. The van der Waals surface area contributed by atoms with Crippen LogP contribution in [-0.2, 0) is 29.9 Å². The van der Waals surface area contributed by atoms with E-state index < -0.39 is 0 Å². The number of aryl methyl sites for hydroxylation is 2. The molecule has 0 saturated heterocycles. The second-order valence-corrected chi connectivity index (χ2v) is 5.69. The minimum absolute atomic E-state index is 0. The van der Waals surface area contributed by atoms with Crippen LogP contribution in [0.15, 0.2) is 36.4 Å². The van der Waals surface area contributed by atoms with Gasteiger partial charge in [0.05, 0.1) is 5.78 Å². The fraction of sp³-hybridized carbons (Fsp3) is 0.368. The Bertz CT molecular complexity index is 565. The predicted octanol–water partition coefficient (Wildman–Crippen LogP) is 4.48. The SMILES string of the molecule is CC(=O)c1cc[c-](CCCCC[c-]2[cH-][cH-][c-](C(C)=O)[cH-]2)c1.[Fe]. The summed E-state index contributed by atoms with van der Waals surface area (Å²) in [7, 11) is 0. The van der Waals surface area contributed by atoms with Crippen molar-refractivity contribution >= 4 is 11.6 Å². The summed E-state index contributed by atoms with van der Waals surface area (Å²) in [5, 5.41) is 0. The predicted molar refractivity (Wildman–Crippen MR) is 85.3 cm³/mol. The molecule has 0 aromatic heterocycles. The number of ketones is 2. The van der Waals surface area contributed by atoms with Gasteiger partial charge in [-0.05, 0) is 13.8 Å². The first-order valence-electron chi connectivity index (χ1n) is 7.59. The summed E-state index contributed by atoms with van der Waals surface area (Å²) in [5.74, 6) is 0.275. The maximum Gasteiger partial charge on any atom is 0.0945 e. The Morgan fingerprint density at radius 3 is 2.41 bits per heavy atom. The molecule has 2 nitrogen and oxygen atoms in total. The second-order valence-electron chi connectivity index (χ2n) is 5.69. The van der Waals surface area contributed by atoms with Crippen LogP contribution in [-0.4, -0.2) is 11.6 Å². The minimum Gasteiger partial charge on any atom is -0.745 e. The van der Waals surface area contributed by atoms with Gasteiger partial charge in [0, 0.05) is 17.1 Å². The van der Waals surface area contributed by atoms with Gasteiger partial charge in [-0.1, -0.05) is 31.5 Å². The van der Waals surface area contributed by atoms with E-state index in [0.29, 0.717) is 0 Å². The molecule has 2 aromatic carbocycles. The molecule has 0 fully saturated rings. The van der Waals surface area contributed by atoms with Crippen LogP contribution in [0.2, 0.25) is 0 Å². The smallest absolute Gasteiger partial charge is 0.0945 e. The van der Waals surface area contributed by atoms with Crippen LogP contribution in [0.4, 0.5) is 0 Å². The van der Waals surface area contributed by atoms with Gasteiger partial charge in [-0.3, -0.25) is 0 Å². The van der Waals surface area contributed by atoms with Gasteiger partial charge in [0.2, 0.25) is 0 Å². The van der Waals surface area contributed by atoms with Crippen LogP contribution in [0.3, 0.4) is 0 Å². The summed E-state index contributed by atoms with van der Waals surface area (Å²) < 4.78 is 0. The average Bonchev–Trinajstić information content (AvgIpc) is 3.06. The molecule has 0 N–H and O–H groups in total. The van der Waals surface area contributed by atoms with Crippen molar-refractivity contribution in [1.82, 2.24) is 0 Å². The van der Waals surface area contributed by atoms with E-state index >= 15 is 0 Å². The molecule has 0 amide bonds. The fourth-order valence-electron chi connectivity index (χ4n) is 2.57. The molecule has 0 unspecified atom stereocenters. The van der Waals surface area contributed by atoms with Gasteiger partial charge in [-0.2, -0.15) is 17.7 Å². The molecule has 2 rings (SSSR count). The Hall–Kier alpha value is -1.44. The Morgan fingerprint density at radius 1 is 1.09 bits per heavy atom. The van der Waals surface area contributed by atoms with Crippen LogP contribution < -0.4 is 0 Å². The summed E-state index contributed by atoms with van der Waals surface area (Å²) in [6.07, 6.45) is 5.52. The van der Waals surface area contributed by atoms with Crippen molar-refractivity contribution in [3.05, 3.63) is 58.7 Å². The number of Topliss-reactive ketones (excluding diaryl/α,β-unsaturated/α-hetero) is 2. The quantitative estimate of drug-likeness (QED) is 0.308. The van der Waals surface area contributed by atoms with Crippen molar-refractivity contribution in [2.24, 2.45) is 0 Å². The topological polar surface area (TPSA) is 34.1 Å². The molecule has 22 heavy (non-hydrogen) atoms. The van der Waals surface area contributed by atoms with Gasteiger partial charge in [-0.15, -0.1) is 5.56 Å². The molecule has 0 aliphatic heterocycles. The molecule has 0 spiro atoms.